The lowest BCUT2D eigenvalue weighted by molar-refractivity contribution is 0.298. The topological polar surface area (TPSA) is 49.9 Å². The lowest BCUT2D eigenvalue weighted by atomic mass is 9.81. The molecule has 2 nitrogen and oxygen atoms in total. The Hall–Kier alpha value is -0.530. The molecule has 2 heteroatoms. The minimum absolute atomic E-state index is 0.194. The second-order valence-corrected chi connectivity index (χ2v) is 4.46. The van der Waals surface area contributed by atoms with Crippen LogP contribution in [0, 0.1) is 16.7 Å². The third-order valence-electron chi connectivity index (χ3n) is 1.63. The highest BCUT2D eigenvalue weighted by molar-refractivity contribution is 5.77. The summed E-state index contributed by atoms with van der Waals surface area (Å²) in [6, 6.07) is 0. The molecular formula is C9H20N2. The molecule has 0 aromatic heterocycles. The van der Waals surface area contributed by atoms with Crippen LogP contribution in [0.4, 0.5) is 0 Å². The van der Waals surface area contributed by atoms with Crippen LogP contribution in [-0.2, 0) is 0 Å². The van der Waals surface area contributed by atoms with Gasteiger partial charge in [0.15, 0.2) is 0 Å². The van der Waals surface area contributed by atoms with Crippen LogP contribution in [0.25, 0.3) is 0 Å². The normalized spacial score (nSPS) is 12.1. The summed E-state index contributed by atoms with van der Waals surface area (Å²) < 4.78 is 0. The zero-order valence-electron chi connectivity index (χ0n) is 8.07. The number of nitrogens with two attached hydrogens (primary N) is 1. The molecule has 0 saturated heterocycles. The summed E-state index contributed by atoms with van der Waals surface area (Å²) >= 11 is 0. The third-order valence-corrected chi connectivity index (χ3v) is 1.63. The van der Waals surface area contributed by atoms with E-state index in [9.17, 15) is 0 Å². The van der Waals surface area contributed by atoms with Crippen LogP contribution in [0.15, 0.2) is 0 Å². The molecule has 0 bridgehead atoms. The molecule has 0 heterocycles. The van der Waals surface area contributed by atoms with E-state index in [0.717, 1.165) is 6.42 Å². The standard InChI is InChI=1S/C9H20N2/c1-7(2)5-9(3,4)6-8(10)11/h7H,5-6H2,1-4H3,(H3,10,11). The summed E-state index contributed by atoms with van der Waals surface area (Å²) in [5.74, 6) is 0.986. The first kappa shape index (κ1) is 10.5. The maximum Gasteiger partial charge on any atom is 0.0910 e. The highest BCUT2D eigenvalue weighted by Gasteiger charge is 2.19. The van der Waals surface area contributed by atoms with Crippen molar-refractivity contribution in [1.82, 2.24) is 0 Å². The van der Waals surface area contributed by atoms with Gasteiger partial charge in [0, 0.05) is 6.42 Å². The van der Waals surface area contributed by atoms with Gasteiger partial charge in [-0.1, -0.05) is 27.7 Å². The summed E-state index contributed by atoms with van der Waals surface area (Å²) in [5, 5.41) is 7.17. The van der Waals surface area contributed by atoms with Crippen LogP contribution in [0.2, 0.25) is 0 Å². The number of hydrogen-bond acceptors (Lipinski definition) is 1. The van der Waals surface area contributed by atoms with E-state index < -0.39 is 0 Å². The summed E-state index contributed by atoms with van der Waals surface area (Å²) in [4.78, 5) is 0. The molecule has 0 fully saturated rings. The van der Waals surface area contributed by atoms with Crippen molar-refractivity contribution in [1.29, 1.82) is 5.41 Å². The van der Waals surface area contributed by atoms with Gasteiger partial charge in [-0.05, 0) is 17.8 Å². The van der Waals surface area contributed by atoms with Crippen LogP contribution in [-0.4, -0.2) is 5.84 Å². The van der Waals surface area contributed by atoms with Gasteiger partial charge in [0.1, 0.15) is 0 Å². The Labute approximate surface area is 69.7 Å². The lowest BCUT2D eigenvalue weighted by Gasteiger charge is -2.25. The van der Waals surface area contributed by atoms with E-state index in [0.29, 0.717) is 18.2 Å². The average molecular weight is 156 g/mol. The SMILES string of the molecule is CC(C)CC(C)(C)CC(=N)N. The molecule has 0 aliphatic rings. The smallest absolute Gasteiger partial charge is 0.0910 e. The van der Waals surface area contributed by atoms with Gasteiger partial charge in [-0.3, -0.25) is 5.41 Å². The summed E-state index contributed by atoms with van der Waals surface area (Å²) in [6.07, 6.45) is 1.85. The van der Waals surface area contributed by atoms with Gasteiger partial charge in [-0.15, -0.1) is 0 Å². The van der Waals surface area contributed by atoms with E-state index in [-0.39, 0.29) is 5.41 Å². The summed E-state index contributed by atoms with van der Waals surface area (Å²) in [7, 11) is 0. The minimum Gasteiger partial charge on any atom is -0.388 e. The molecule has 0 atom stereocenters. The first-order valence-electron chi connectivity index (χ1n) is 4.16. The Bertz CT molecular complexity index is 136. The van der Waals surface area contributed by atoms with E-state index in [4.69, 9.17) is 11.1 Å². The van der Waals surface area contributed by atoms with Gasteiger partial charge < -0.3 is 5.73 Å². The monoisotopic (exact) mass is 156 g/mol. The fourth-order valence-electron chi connectivity index (χ4n) is 1.69. The van der Waals surface area contributed by atoms with Crippen molar-refractivity contribution in [2.75, 3.05) is 0 Å². The fourth-order valence-corrected chi connectivity index (χ4v) is 1.69. The highest BCUT2D eigenvalue weighted by atomic mass is 14.7. The Morgan fingerprint density at radius 1 is 1.45 bits per heavy atom. The molecule has 0 amide bonds. The molecule has 66 valence electrons. The maximum absolute atomic E-state index is 7.17. The Kier molecular flexibility index (Phi) is 3.56. The van der Waals surface area contributed by atoms with E-state index in [1.807, 2.05) is 0 Å². The molecule has 0 spiro atoms. The van der Waals surface area contributed by atoms with Crippen LogP contribution < -0.4 is 5.73 Å². The minimum atomic E-state index is 0.194. The molecule has 3 N–H and O–H groups in total. The highest BCUT2D eigenvalue weighted by Crippen LogP contribution is 2.28. The zero-order chi connectivity index (χ0) is 9.07. The van der Waals surface area contributed by atoms with E-state index in [1.54, 1.807) is 0 Å². The molecule has 11 heavy (non-hydrogen) atoms. The molecule has 0 unspecified atom stereocenters. The lowest BCUT2D eigenvalue weighted by Crippen LogP contribution is -2.23. The van der Waals surface area contributed by atoms with Crippen LogP contribution >= 0.6 is 0 Å². The number of rotatable bonds is 4. The average Bonchev–Trinajstić information content (AvgIpc) is 1.53. The number of amidine groups is 1. The first-order chi connectivity index (χ1) is 4.83. The molecule has 0 radical (unpaired) electrons. The van der Waals surface area contributed by atoms with Gasteiger partial charge in [-0.25, -0.2) is 0 Å². The van der Waals surface area contributed by atoms with Gasteiger partial charge in [0.05, 0.1) is 5.84 Å². The van der Waals surface area contributed by atoms with Gasteiger partial charge >= 0.3 is 0 Å². The molecule has 0 aliphatic carbocycles. The molecule has 0 saturated carbocycles. The largest absolute Gasteiger partial charge is 0.388 e. The van der Waals surface area contributed by atoms with Crippen LogP contribution in [0.5, 0.6) is 0 Å². The van der Waals surface area contributed by atoms with Crippen molar-refractivity contribution in [3.8, 4) is 0 Å². The van der Waals surface area contributed by atoms with Crippen LogP contribution in [0.3, 0.4) is 0 Å². The van der Waals surface area contributed by atoms with Crippen molar-refractivity contribution in [3.05, 3.63) is 0 Å². The van der Waals surface area contributed by atoms with Gasteiger partial charge in [0.25, 0.3) is 0 Å². The predicted molar refractivity (Wildman–Crippen MR) is 49.8 cm³/mol. The fraction of sp³-hybridized carbons (Fsp3) is 0.889. The molecule has 0 rings (SSSR count). The molecular weight excluding hydrogens is 136 g/mol. The van der Waals surface area contributed by atoms with E-state index in [2.05, 4.69) is 27.7 Å². The van der Waals surface area contributed by atoms with Crippen LogP contribution in [0.1, 0.15) is 40.5 Å². The maximum atomic E-state index is 7.17. The quantitative estimate of drug-likeness (QED) is 0.476. The Morgan fingerprint density at radius 2 is 1.91 bits per heavy atom. The Morgan fingerprint density at radius 3 is 2.18 bits per heavy atom. The third kappa shape index (κ3) is 5.89. The number of hydrogen-bond donors (Lipinski definition) is 2. The van der Waals surface area contributed by atoms with Crippen molar-refractivity contribution in [3.63, 3.8) is 0 Å². The van der Waals surface area contributed by atoms with Gasteiger partial charge in [-0.2, -0.15) is 0 Å². The predicted octanol–water partition coefficient (Wildman–Crippen LogP) is 2.38. The second-order valence-electron chi connectivity index (χ2n) is 4.46. The summed E-state index contributed by atoms with van der Waals surface area (Å²) in [5.41, 5.74) is 5.53. The van der Waals surface area contributed by atoms with Gasteiger partial charge in [0.2, 0.25) is 0 Å². The number of nitrogens with one attached hydrogen (secondary N) is 1. The molecule has 0 aromatic rings. The van der Waals surface area contributed by atoms with Crippen molar-refractivity contribution < 1.29 is 0 Å². The zero-order valence-corrected chi connectivity index (χ0v) is 8.07. The van der Waals surface area contributed by atoms with Crippen molar-refractivity contribution in [2.45, 2.75) is 40.5 Å². The van der Waals surface area contributed by atoms with E-state index in [1.165, 1.54) is 0 Å². The first-order valence-corrected chi connectivity index (χ1v) is 4.16. The van der Waals surface area contributed by atoms with Crippen molar-refractivity contribution >= 4 is 5.84 Å². The molecule has 0 aliphatic heterocycles. The second kappa shape index (κ2) is 3.74. The van der Waals surface area contributed by atoms with E-state index >= 15 is 0 Å². The summed E-state index contributed by atoms with van der Waals surface area (Å²) in [6.45, 7) is 8.71. The molecule has 0 aromatic carbocycles. The Balaban J connectivity index is 3.89. The van der Waals surface area contributed by atoms with Crippen molar-refractivity contribution in [2.24, 2.45) is 17.1 Å².